The van der Waals surface area contributed by atoms with E-state index in [1.54, 1.807) is 11.9 Å². The quantitative estimate of drug-likeness (QED) is 0.693. The molecule has 1 rings (SSSR count). The molecule has 19 heavy (non-hydrogen) atoms. The summed E-state index contributed by atoms with van der Waals surface area (Å²) in [5.74, 6) is -1.05. The van der Waals surface area contributed by atoms with E-state index in [0.717, 1.165) is 25.9 Å². The van der Waals surface area contributed by atoms with Crippen LogP contribution in [0.15, 0.2) is 0 Å². The molecule has 0 bridgehead atoms. The van der Waals surface area contributed by atoms with E-state index in [4.69, 9.17) is 0 Å². The number of hydrogen-bond acceptors (Lipinski definition) is 3. The molecule has 110 valence electrons. The zero-order valence-corrected chi connectivity index (χ0v) is 12.0. The van der Waals surface area contributed by atoms with Crippen molar-refractivity contribution in [2.75, 3.05) is 20.1 Å². The molecule has 1 heterocycles. The SMILES string of the molecule is CCC(C)C(NC(=O)N(C)C1CCNCC1)C(=O)O. The summed E-state index contributed by atoms with van der Waals surface area (Å²) >= 11 is 0. The fraction of sp³-hybridized carbons (Fsp3) is 0.846. The van der Waals surface area contributed by atoms with Gasteiger partial charge in [0.05, 0.1) is 0 Å². The highest BCUT2D eigenvalue weighted by Crippen LogP contribution is 2.12. The number of carbonyl (C=O) groups is 2. The molecule has 0 saturated carbocycles. The lowest BCUT2D eigenvalue weighted by Crippen LogP contribution is -2.53. The molecule has 1 saturated heterocycles. The lowest BCUT2D eigenvalue weighted by Gasteiger charge is -2.33. The molecule has 1 aliphatic heterocycles. The molecule has 1 aliphatic rings. The molecule has 2 amide bonds. The number of nitrogens with zero attached hydrogens (tertiary/aromatic N) is 1. The highest BCUT2D eigenvalue weighted by molar-refractivity contribution is 5.82. The van der Waals surface area contributed by atoms with Gasteiger partial charge < -0.3 is 20.6 Å². The van der Waals surface area contributed by atoms with Gasteiger partial charge in [-0.3, -0.25) is 0 Å². The van der Waals surface area contributed by atoms with Crippen molar-refractivity contribution in [2.24, 2.45) is 5.92 Å². The van der Waals surface area contributed by atoms with Crippen LogP contribution in [0.3, 0.4) is 0 Å². The van der Waals surface area contributed by atoms with E-state index in [1.807, 2.05) is 13.8 Å². The Kier molecular flexibility index (Phi) is 6.08. The van der Waals surface area contributed by atoms with Crippen molar-refractivity contribution in [3.63, 3.8) is 0 Å². The van der Waals surface area contributed by atoms with Crippen LogP contribution in [0, 0.1) is 5.92 Å². The van der Waals surface area contributed by atoms with Crippen molar-refractivity contribution in [3.05, 3.63) is 0 Å². The second-order valence-electron chi connectivity index (χ2n) is 5.24. The van der Waals surface area contributed by atoms with E-state index in [-0.39, 0.29) is 18.0 Å². The lowest BCUT2D eigenvalue weighted by molar-refractivity contribution is -0.140. The maximum Gasteiger partial charge on any atom is 0.326 e. The van der Waals surface area contributed by atoms with E-state index < -0.39 is 12.0 Å². The van der Waals surface area contributed by atoms with Gasteiger partial charge in [0.25, 0.3) is 0 Å². The highest BCUT2D eigenvalue weighted by Gasteiger charge is 2.29. The Hall–Kier alpha value is -1.30. The lowest BCUT2D eigenvalue weighted by atomic mass is 9.99. The Morgan fingerprint density at radius 2 is 2.00 bits per heavy atom. The minimum absolute atomic E-state index is 0.0807. The molecule has 0 aromatic heterocycles. The molecule has 0 aromatic rings. The van der Waals surface area contributed by atoms with Crippen LogP contribution in [0.4, 0.5) is 4.79 Å². The van der Waals surface area contributed by atoms with E-state index in [1.165, 1.54) is 0 Å². The topological polar surface area (TPSA) is 81.7 Å². The first-order chi connectivity index (χ1) is 8.97. The molecule has 0 aromatic carbocycles. The van der Waals surface area contributed by atoms with Crippen LogP contribution in [0.25, 0.3) is 0 Å². The Morgan fingerprint density at radius 3 is 2.47 bits per heavy atom. The van der Waals surface area contributed by atoms with Crippen molar-refractivity contribution in [1.29, 1.82) is 0 Å². The Morgan fingerprint density at radius 1 is 1.42 bits per heavy atom. The van der Waals surface area contributed by atoms with Crippen LogP contribution in [-0.2, 0) is 4.79 Å². The number of carbonyl (C=O) groups excluding carboxylic acids is 1. The number of carboxylic acids is 1. The summed E-state index contributed by atoms with van der Waals surface area (Å²) in [6.45, 7) is 5.55. The molecule has 3 N–H and O–H groups in total. The predicted octanol–water partition coefficient (Wildman–Crippen LogP) is 0.879. The van der Waals surface area contributed by atoms with Gasteiger partial charge in [-0.2, -0.15) is 0 Å². The Bertz CT molecular complexity index is 316. The van der Waals surface area contributed by atoms with Crippen molar-refractivity contribution in [1.82, 2.24) is 15.5 Å². The molecule has 0 spiro atoms. The number of amides is 2. The summed E-state index contributed by atoms with van der Waals surface area (Å²) < 4.78 is 0. The first-order valence-electron chi connectivity index (χ1n) is 6.94. The number of urea groups is 1. The third kappa shape index (κ3) is 4.38. The van der Waals surface area contributed by atoms with Gasteiger partial charge in [-0.05, 0) is 31.8 Å². The van der Waals surface area contributed by atoms with E-state index in [0.29, 0.717) is 6.42 Å². The third-order valence-electron chi connectivity index (χ3n) is 3.93. The van der Waals surface area contributed by atoms with Gasteiger partial charge in [0.1, 0.15) is 6.04 Å². The average Bonchev–Trinajstić information content (AvgIpc) is 2.43. The Balaban J connectivity index is 2.57. The molecule has 1 fully saturated rings. The summed E-state index contributed by atoms with van der Waals surface area (Å²) in [5.41, 5.74) is 0. The van der Waals surface area contributed by atoms with Crippen LogP contribution in [0.2, 0.25) is 0 Å². The fourth-order valence-corrected chi connectivity index (χ4v) is 2.28. The average molecular weight is 271 g/mol. The summed E-state index contributed by atoms with van der Waals surface area (Å²) in [6.07, 6.45) is 2.53. The van der Waals surface area contributed by atoms with Crippen LogP contribution in [0.1, 0.15) is 33.1 Å². The predicted molar refractivity (Wildman–Crippen MR) is 73.1 cm³/mol. The fourth-order valence-electron chi connectivity index (χ4n) is 2.28. The number of aliphatic carboxylic acids is 1. The van der Waals surface area contributed by atoms with Crippen molar-refractivity contribution in [3.8, 4) is 0 Å². The van der Waals surface area contributed by atoms with E-state index in [2.05, 4.69) is 10.6 Å². The first-order valence-corrected chi connectivity index (χ1v) is 6.94. The number of nitrogens with one attached hydrogen (secondary N) is 2. The maximum atomic E-state index is 12.1. The maximum absolute atomic E-state index is 12.1. The zero-order valence-electron chi connectivity index (χ0n) is 12.0. The number of hydrogen-bond donors (Lipinski definition) is 3. The van der Waals surface area contributed by atoms with Crippen LogP contribution in [0.5, 0.6) is 0 Å². The number of carboxylic acid groups (broad SMARTS) is 1. The smallest absolute Gasteiger partial charge is 0.326 e. The summed E-state index contributed by atoms with van der Waals surface area (Å²) in [6, 6.07) is -0.922. The van der Waals surface area contributed by atoms with Gasteiger partial charge in [-0.15, -0.1) is 0 Å². The molecule has 2 unspecified atom stereocenters. The second-order valence-corrected chi connectivity index (χ2v) is 5.24. The normalized spacial score (nSPS) is 19.5. The van der Waals surface area contributed by atoms with Crippen molar-refractivity contribution >= 4 is 12.0 Å². The first kappa shape index (κ1) is 15.8. The van der Waals surface area contributed by atoms with Gasteiger partial charge in [-0.1, -0.05) is 20.3 Å². The summed E-state index contributed by atoms with van der Waals surface area (Å²) in [4.78, 5) is 24.9. The largest absolute Gasteiger partial charge is 0.480 e. The zero-order chi connectivity index (χ0) is 14.4. The molecular weight excluding hydrogens is 246 g/mol. The summed E-state index contributed by atoms with van der Waals surface area (Å²) in [5, 5.41) is 15.0. The van der Waals surface area contributed by atoms with E-state index in [9.17, 15) is 14.7 Å². The van der Waals surface area contributed by atoms with Crippen LogP contribution < -0.4 is 10.6 Å². The standard InChI is InChI=1S/C13H25N3O3/c1-4-9(2)11(12(17)18)15-13(19)16(3)10-5-7-14-8-6-10/h9-11,14H,4-8H2,1-3H3,(H,15,19)(H,17,18). The van der Waals surface area contributed by atoms with Crippen molar-refractivity contribution < 1.29 is 14.7 Å². The van der Waals surface area contributed by atoms with Gasteiger partial charge in [0, 0.05) is 13.1 Å². The van der Waals surface area contributed by atoms with Gasteiger partial charge in [0.2, 0.25) is 0 Å². The van der Waals surface area contributed by atoms with Gasteiger partial charge >= 0.3 is 12.0 Å². The van der Waals surface area contributed by atoms with Crippen LogP contribution >= 0.6 is 0 Å². The Labute approximate surface area is 114 Å². The molecule has 6 nitrogen and oxygen atoms in total. The molecule has 6 heteroatoms. The van der Waals surface area contributed by atoms with Gasteiger partial charge in [0.15, 0.2) is 0 Å². The molecule has 2 atom stereocenters. The van der Waals surface area contributed by atoms with Gasteiger partial charge in [-0.25, -0.2) is 9.59 Å². The molecular formula is C13H25N3O3. The number of piperidine rings is 1. The monoisotopic (exact) mass is 271 g/mol. The third-order valence-corrected chi connectivity index (χ3v) is 3.93. The van der Waals surface area contributed by atoms with E-state index >= 15 is 0 Å². The molecule has 0 aliphatic carbocycles. The highest BCUT2D eigenvalue weighted by atomic mass is 16.4. The number of rotatable bonds is 5. The van der Waals surface area contributed by atoms with Crippen LogP contribution in [-0.4, -0.2) is 54.2 Å². The minimum atomic E-state index is -0.971. The van der Waals surface area contributed by atoms with Crippen molar-refractivity contribution in [2.45, 2.75) is 45.2 Å². The second kappa shape index (κ2) is 7.33. The minimum Gasteiger partial charge on any atom is -0.480 e. The molecule has 0 radical (unpaired) electrons. The summed E-state index contributed by atoms with van der Waals surface area (Å²) in [7, 11) is 1.74.